The number of aromatic nitrogens is 3. The predicted molar refractivity (Wildman–Crippen MR) is 61.6 cm³/mol. The Hall–Kier alpha value is -1.46. The van der Waals surface area contributed by atoms with Crippen molar-refractivity contribution in [1.82, 2.24) is 15.0 Å². The molecule has 0 amide bonds. The molecule has 0 saturated heterocycles. The van der Waals surface area contributed by atoms with Gasteiger partial charge in [0, 0.05) is 0 Å². The van der Waals surface area contributed by atoms with Crippen molar-refractivity contribution in [2.75, 3.05) is 0 Å². The Morgan fingerprint density at radius 1 is 1.53 bits per heavy atom. The summed E-state index contributed by atoms with van der Waals surface area (Å²) in [5, 5.41) is 17.2. The molecule has 0 spiro atoms. The fraction of sp³-hybridized carbons (Fsp3) is 0.273. The van der Waals surface area contributed by atoms with Gasteiger partial charge in [0.05, 0.1) is 17.3 Å². The van der Waals surface area contributed by atoms with E-state index in [9.17, 15) is 9.50 Å². The minimum Gasteiger partial charge on any atom is -0.387 e. The van der Waals surface area contributed by atoms with E-state index in [1.807, 2.05) is 6.92 Å². The zero-order chi connectivity index (χ0) is 12.4. The fourth-order valence-corrected chi connectivity index (χ4v) is 1.60. The van der Waals surface area contributed by atoms with Gasteiger partial charge in [-0.25, -0.2) is 9.07 Å². The number of hydrogen-bond donors (Lipinski definition) is 1. The third-order valence-corrected chi connectivity index (χ3v) is 2.71. The topological polar surface area (TPSA) is 50.9 Å². The number of hydrogen-bond acceptors (Lipinski definition) is 3. The summed E-state index contributed by atoms with van der Waals surface area (Å²) < 4.78 is 15.0. The van der Waals surface area contributed by atoms with E-state index in [0.29, 0.717) is 12.1 Å². The second-order valence-corrected chi connectivity index (χ2v) is 3.99. The second kappa shape index (κ2) is 4.81. The highest BCUT2D eigenvalue weighted by molar-refractivity contribution is 6.30. The average molecular weight is 256 g/mol. The van der Waals surface area contributed by atoms with Crippen molar-refractivity contribution in [2.45, 2.75) is 19.4 Å². The summed E-state index contributed by atoms with van der Waals surface area (Å²) in [6.45, 7) is 1.82. The van der Waals surface area contributed by atoms with Crippen molar-refractivity contribution >= 4 is 11.6 Å². The molecule has 0 saturated carbocycles. The van der Waals surface area contributed by atoms with Crippen LogP contribution in [0.25, 0.3) is 5.69 Å². The van der Waals surface area contributed by atoms with E-state index in [1.165, 1.54) is 23.0 Å². The molecule has 0 fully saturated rings. The molecule has 2 aromatic rings. The van der Waals surface area contributed by atoms with Gasteiger partial charge in [-0.1, -0.05) is 29.8 Å². The first-order valence-corrected chi connectivity index (χ1v) is 5.56. The van der Waals surface area contributed by atoms with Crippen LogP contribution in [0.4, 0.5) is 4.39 Å². The monoisotopic (exact) mass is 255 g/mol. The van der Waals surface area contributed by atoms with Crippen molar-refractivity contribution in [3.8, 4) is 5.69 Å². The molecule has 2 rings (SSSR count). The Balaban J connectivity index is 2.40. The zero-order valence-electron chi connectivity index (χ0n) is 9.14. The van der Waals surface area contributed by atoms with Crippen LogP contribution in [0.5, 0.6) is 0 Å². The van der Waals surface area contributed by atoms with E-state index < -0.39 is 11.9 Å². The van der Waals surface area contributed by atoms with Gasteiger partial charge in [0.2, 0.25) is 0 Å². The summed E-state index contributed by atoms with van der Waals surface area (Å²) in [5.74, 6) is -0.559. The van der Waals surface area contributed by atoms with E-state index in [1.54, 1.807) is 6.07 Å². The van der Waals surface area contributed by atoms with Gasteiger partial charge in [-0.2, -0.15) is 0 Å². The Bertz CT molecular complexity index is 529. The first-order valence-electron chi connectivity index (χ1n) is 5.18. The average Bonchev–Trinajstić information content (AvgIpc) is 2.81. The van der Waals surface area contributed by atoms with Gasteiger partial charge in [0.25, 0.3) is 0 Å². The summed E-state index contributed by atoms with van der Waals surface area (Å²) in [6.07, 6.45) is 1.32. The number of benzene rings is 1. The lowest BCUT2D eigenvalue weighted by atomic mass is 10.2. The summed E-state index contributed by atoms with van der Waals surface area (Å²) >= 11 is 5.67. The van der Waals surface area contributed by atoms with Crippen LogP contribution >= 0.6 is 11.6 Å². The minimum atomic E-state index is -0.689. The van der Waals surface area contributed by atoms with E-state index in [0.717, 1.165) is 0 Å². The van der Waals surface area contributed by atoms with Crippen LogP contribution in [0.3, 0.4) is 0 Å². The van der Waals surface area contributed by atoms with Gasteiger partial charge >= 0.3 is 0 Å². The van der Waals surface area contributed by atoms with E-state index in [4.69, 9.17) is 11.6 Å². The zero-order valence-corrected chi connectivity index (χ0v) is 9.89. The molecule has 1 heterocycles. The molecule has 0 aliphatic carbocycles. The third kappa shape index (κ3) is 2.30. The molecule has 4 nitrogen and oxygen atoms in total. The predicted octanol–water partition coefficient (Wildman–Crippen LogP) is 2.50. The first-order chi connectivity index (χ1) is 8.13. The van der Waals surface area contributed by atoms with Gasteiger partial charge in [0.1, 0.15) is 11.4 Å². The van der Waals surface area contributed by atoms with E-state index in [-0.39, 0.29) is 10.7 Å². The third-order valence-electron chi connectivity index (χ3n) is 2.42. The highest BCUT2D eigenvalue weighted by Gasteiger charge is 2.13. The van der Waals surface area contributed by atoms with Crippen LogP contribution in [-0.2, 0) is 0 Å². The fourth-order valence-electron chi connectivity index (χ4n) is 1.43. The molecule has 0 aliphatic heterocycles. The molecule has 0 bridgehead atoms. The maximum Gasteiger partial charge on any atom is 0.167 e. The van der Waals surface area contributed by atoms with Crippen molar-refractivity contribution in [1.29, 1.82) is 0 Å². The Kier molecular flexibility index (Phi) is 3.40. The molecule has 1 N–H and O–H groups in total. The molecule has 0 aliphatic rings. The van der Waals surface area contributed by atoms with Gasteiger partial charge in [0.15, 0.2) is 5.82 Å². The molecule has 90 valence electrons. The first kappa shape index (κ1) is 12.0. The van der Waals surface area contributed by atoms with Crippen molar-refractivity contribution in [3.05, 3.63) is 40.9 Å². The molecule has 1 aromatic carbocycles. The largest absolute Gasteiger partial charge is 0.387 e. The van der Waals surface area contributed by atoms with Crippen molar-refractivity contribution in [2.24, 2.45) is 0 Å². The molecular formula is C11H11ClFN3O. The van der Waals surface area contributed by atoms with Crippen LogP contribution in [0.2, 0.25) is 5.02 Å². The van der Waals surface area contributed by atoms with Gasteiger partial charge < -0.3 is 5.11 Å². The Morgan fingerprint density at radius 2 is 2.29 bits per heavy atom. The maximum absolute atomic E-state index is 13.7. The summed E-state index contributed by atoms with van der Waals surface area (Å²) in [6, 6.07) is 4.62. The quantitative estimate of drug-likeness (QED) is 0.917. The summed E-state index contributed by atoms with van der Waals surface area (Å²) in [7, 11) is 0. The molecule has 6 heteroatoms. The van der Waals surface area contributed by atoms with Crippen molar-refractivity contribution < 1.29 is 9.50 Å². The second-order valence-electron chi connectivity index (χ2n) is 3.58. The molecule has 1 atom stereocenters. The van der Waals surface area contributed by atoms with Crippen molar-refractivity contribution in [3.63, 3.8) is 0 Å². The number of halogens is 2. The summed E-state index contributed by atoms with van der Waals surface area (Å²) in [4.78, 5) is 0. The van der Waals surface area contributed by atoms with Gasteiger partial charge in [-0.05, 0) is 18.6 Å². The van der Waals surface area contributed by atoms with E-state index in [2.05, 4.69) is 10.3 Å². The standard InChI is InChI=1S/C11H11ClFN3O/c1-2-10(17)8-6-16(15-14-8)9-5-3-4-7(12)11(9)13/h3-6,10,17H,2H2,1H3. The molecule has 0 radical (unpaired) electrons. The van der Waals surface area contributed by atoms with Crippen LogP contribution in [-0.4, -0.2) is 20.1 Å². The SMILES string of the molecule is CCC(O)c1cn(-c2cccc(Cl)c2F)nn1. The van der Waals surface area contributed by atoms with Gasteiger partial charge in [-0.15, -0.1) is 5.10 Å². The molecular weight excluding hydrogens is 245 g/mol. The number of rotatable bonds is 3. The van der Waals surface area contributed by atoms with Crippen LogP contribution in [0.1, 0.15) is 25.1 Å². The molecule has 1 unspecified atom stereocenters. The number of aliphatic hydroxyl groups is 1. The highest BCUT2D eigenvalue weighted by Crippen LogP contribution is 2.21. The molecule has 17 heavy (non-hydrogen) atoms. The smallest absolute Gasteiger partial charge is 0.167 e. The summed E-state index contributed by atoms with van der Waals surface area (Å²) in [5.41, 5.74) is 0.617. The lowest BCUT2D eigenvalue weighted by Crippen LogP contribution is -1.99. The van der Waals surface area contributed by atoms with Crippen LogP contribution in [0.15, 0.2) is 24.4 Å². The van der Waals surface area contributed by atoms with Crippen LogP contribution < -0.4 is 0 Å². The number of nitrogens with zero attached hydrogens (tertiary/aromatic N) is 3. The molecule has 1 aromatic heterocycles. The Labute approximate surface area is 103 Å². The van der Waals surface area contributed by atoms with Gasteiger partial charge in [-0.3, -0.25) is 0 Å². The van der Waals surface area contributed by atoms with Crippen LogP contribution in [0, 0.1) is 5.82 Å². The lowest BCUT2D eigenvalue weighted by Gasteiger charge is -2.03. The normalized spacial score (nSPS) is 12.7. The number of aliphatic hydroxyl groups excluding tert-OH is 1. The lowest BCUT2D eigenvalue weighted by molar-refractivity contribution is 0.169. The Morgan fingerprint density at radius 3 is 3.00 bits per heavy atom. The highest BCUT2D eigenvalue weighted by atomic mass is 35.5. The maximum atomic E-state index is 13.7. The van der Waals surface area contributed by atoms with E-state index >= 15 is 0 Å². The minimum absolute atomic E-state index is 0.0237.